The second-order valence-electron chi connectivity index (χ2n) is 3.17. The zero-order valence-corrected chi connectivity index (χ0v) is 9.11. The summed E-state index contributed by atoms with van der Waals surface area (Å²) >= 11 is 0. The lowest BCUT2D eigenvalue weighted by Gasteiger charge is -2.22. The lowest BCUT2D eigenvalue weighted by Crippen LogP contribution is -2.47. The van der Waals surface area contributed by atoms with Gasteiger partial charge in [0, 0.05) is 13.5 Å². The number of amides is 2. The maximum Gasteiger partial charge on any atom is 0.323 e. The Kier molecular flexibility index (Phi) is 5.36. The van der Waals surface area contributed by atoms with E-state index < -0.39 is 17.9 Å². The molecule has 6 heteroatoms. The van der Waals surface area contributed by atoms with Crippen LogP contribution in [0.4, 0.5) is 0 Å². The first-order chi connectivity index (χ1) is 6.88. The van der Waals surface area contributed by atoms with Crippen molar-refractivity contribution in [3.63, 3.8) is 0 Å². The second-order valence-corrected chi connectivity index (χ2v) is 3.17. The number of nitrogens with zero attached hydrogens (tertiary/aromatic N) is 1. The van der Waals surface area contributed by atoms with E-state index in [-0.39, 0.29) is 12.5 Å². The van der Waals surface area contributed by atoms with Crippen LogP contribution in [-0.4, -0.2) is 46.9 Å². The van der Waals surface area contributed by atoms with Crippen LogP contribution in [0.15, 0.2) is 0 Å². The molecule has 1 unspecified atom stereocenters. The maximum atomic E-state index is 11.6. The van der Waals surface area contributed by atoms with E-state index in [9.17, 15) is 14.4 Å². The number of aliphatic carboxylic acids is 1. The van der Waals surface area contributed by atoms with Gasteiger partial charge in [-0.2, -0.15) is 0 Å². The highest BCUT2D eigenvalue weighted by Crippen LogP contribution is 1.95. The molecule has 0 saturated carbocycles. The quantitative estimate of drug-likeness (QED) is 0.645. The molecule has 0 spiro atoms. The van der Waals surface area contributed by atoms with E-state index in [0.29, 0.717) is 6.54 Å². The van der Waals surface area contributed by atoms with Gasteiger partial charge in [0.05, 0.1) is 0 Å². The van der Waals surface area contributed by atoms with Crippen LogP contribution >= 0.6 is 0 Å². The molecule has 0 aliphatic rings. The molecule has 0 bridgehead atoms. The lowest BCUT2D eigenvalue weighted by atomic mass is 10.2. The number of carboxylic acid groups (broad SMARTS) is 1. The molecule has 0 fully saturated rings. The largest absolute Gasteiger partial charge is 0.480 e. The summed E-state index contributed by atoms with van der Waals surface area (Å²) in [4.78, 5) is 33.9. The van der Waals surface area contributed by atoms with Crippen molar-refractivity contribution in [2.75, 3.05) is 13.1 Å². The van der Waals surface area contributed by atoms with Crippen LogP contribution in [-0.2, 0) is 14.4 Å². The Morgan fingerprint density at radius 2 is 1.93 bits per heavy atom. The normalized spacial score (nSPS) is 11.7. The van der Waals surface area contributed by atoms with Gasteiger partial charge in [-0.15, -0.1) is 0 Å². The standard InChI is InChI=1S/C9H16N2O4/c1-4-11(5-8(13)14)9(15)6(2)10-7(3)12/h6H,4-5H2,1-3H3,(H,10,12)(H,13,14). The average molecular weight is 216 g/mol. The first kappa shape index (κ1) is 13.4. The highest BCUT2D eigenvalue weighted by molar-refractivity contribution is 5.88. The monoisotopic (exact) mass is 216 g/mol. The zero-order chi connectivity index (χ0) is 12.0. The molecule has 0 aliphatic carbocycles. The van der Waals surface area contributed by atoms with Crippen molar-refractivity contribution in [2.45, 2.75) is 26.8 Å². The van der Waals surface area contributed by atoms with E-state index in [1.807, 2.05) is 0 Å². The fraction of sp³-hybridized carbons (Fsp3) is 0.667. The number of nitrogens with one attached hydrogen (secondary N) is 1. The third kappa shape index (κ3) is 4.99. The smallest absolute Gasteiger partial charge is 0.323 e. The molecule has 6 nitrogen and oxygen atoms in total. The maximum absolute atomic E-state index is 11.6. The molecule has 2 amide bonds. The summed E-state index contributed by atoms with van der Waals surface area (Å²) in [6, 6.07) is -0.693. The third-order valence-corrected chi connectivity index (χ3v) is 1.81. The first-order valence-corrected chi connectivity index (χ1v) is 4.66. The SMILES string of the molecule is CCN(CC(=O)O)C(=O)C(C)NC(C)=O. The molecule has 0 aromatic heterocycles. The van der Waals surface area contributed by atoms with Crippen LogP contribution in [0, 0.1) is 0 Å². The van der Waals surface area contributed by atoms with Crippen molar-refractivity contribution in [3.05, 3.63) is 0 Å². The predicted molar refractivity (Wildman–Crippen MR) is 53.2 cm³/mol. The lowest BCUT2D eigenvalue weighted by molar-refractivity contribution is -0.145. The summed E-state index contributed by atoms with van der Waals surface area (Å²) in [7, 11) is 0. The average Bonchev–Trinajstić information content (AvgIpc) is 2.11. The van der Waals surface area contributed by atoms with E-state index in [2.05, 4.69) is 5.32 Å². The zero-order valence-electron chi connectivity index (χ0n) is 9.11. The fourth-order valence-corrected chi connectivity index (χ4v) is 1.15. The Morgan fingerprint density at radius 1 is 1.40 bits per heavy atom. The van der Waals surface area contributed by atoms with Gasteiger partial charge in [0.1, 0.15) is 12.6 Å². The highest BCUT2D eigenvalue weighted by Gasteiger charge is 2.21. The van der Waals surface area contributed by atoms with Crippen LogP contribution in [0.5, 0.6) is 0 Å². The summed E-state index contributed by atoms with van der Waals surface area (Å²) < 4.78 is 0. The predicted octanol–water partition coefficient (Wildman–Crippen LogP) is -0.556. The number of hydrogen-bond donors (Lipinski definition) is 2. The Morgan fingerprint density at radius 3 is 2.27 bits per heavy atom. The number of carbonyl (C=O) groups is 3. The fourth-order valence-electron chi connectivity index (χ4n) is 1.15. The molecule has 0 aromatic rings. The Bertz CT molecular complexity index is 265. The highest BCUT2D eigenvalue weighted by atomic mass is 16.4. The van der Waals surface area contributed by atoms with Crippen LogP contribution in [0.1, 0.15) is 20.8 Å². The van der Waals surface area contributed by atoms with E-state index in [0.717, 1.165) is 0 Å². The molecule has 86 valence electrons. The Hall–Kier alpha value is -1.59. The van der Waals surface area contributed by atoms with E-state index in [1.54, 1.807) is 6.92 Å². The van der Waals surface area contributed by atoms with Crippen LogP contribution in [0.25, 0.3) is 0 Å². The molecule has 0 rings (SSSR count). The molecule has 0 aromatic carbocycles. The van der Waals surface area contributed by atoms with E-state index in [4.69, 9.17) is 5.11 Å². The molecular formula is C9H16N2O4. The van der Waals surface area contributed by atoms with Gasteiger partial charge in [-0.25, -0.2) is 0 Å². The van der Waals surface area contributed by atoms with Crippen molar-refractivity contribution in [3.8, 4) is 0 Å². The second kappa shape index (κ2) is 6.00. The van der Waals surface area contributed by atoms with Crippen LogP contribution in [0.3, 0.4) is 0 Å². The van der Waals surface area contributed by atoms with Crippen molar-refractivity contribution >= 4 is 17.8 Å². The molecule has 0 heterocycles. The van der Waals surface area contributed by atoms with Gasteiger partial charge in [-0.3, -0.25) is 14.4 Å². The number of likely N-dealkylation sites (N-methyl/N-ethyl adjacent to an activating group) is 1. The van der Waals surface area contributed by atoms with Gasteiger partial charge < -0.3 is 15.3 Å². The third-order valence-electron chi connectivity index (χ3n) is 1.81. The van der Waals surface area contributed by atoms with Gasteiger partial charge in [0.25, 0.3) is 0 Å². The number of hydrogen-bond acceptors (Lipinski definition) is 3. The summed E-state index contributed by atoms with van der Waals surface area (Å²) in [6.07, 6.45) is 0. The minimum absolute atomic E-state index is 0.301. The van der Waals surface area contributed by atoms with Gasteiger partial charge in [-0.05, 0) is 13.8 Å². The Labute approximate surface area is 88.2 Å². The van der Waals surface area contributed by atoms with E-state index in [1.165, 1.54) is 18.7 Å². The summed E-state index contributed by atoms with van der Waals surface area (Å²) in [5.74, 6) is -1.78. The summed E-state index contributed by atoms with van der Waals surface area (Å²) in [6.45, 7) is 4.46. The topological polar surface area (TPSA) is 86.7 Å². The molecule has 15 heavy (non-hydrogen) atoms. The van der Waals surface area contributed by atoms with Crippen molar-refractivity contribution < 1.29 is 19.5 Å². The molecule has 0 saturated heterocycles. The number of rotatable bonds is 5. The minimum Gasteiger partial charge on any atom is -0.480 e. The van der Waals surface area contributed by atoms with Crippen LogP contribution < -0.4 is 5.32 Å². The minimum atomic E-state index is -1.07. The molecule has 1 atom stereocenters. The van der Waals surface area contributed by atoms with Gasteiger partial charge in [-0.1, -0.05) is 0 Å². The van der Waals surface area contributed by atoms with Crippen LogP contribution in [0.2, 0.25) is 0 Å². The number of carboxylic acids is 1. The molecule has 0 radical (unpaired) electrons. The first-order valence-electron chi connectivity index (χ1n) is 4.66. The van der Waals surface area contributed by atoms with Gasteiger partial charge >= 0.3 is 5.97 Å². The van der Waals surface area contributed by atoms with Gasteiger partial charge in [0.2, 0.25) is 11.8 Å². The summed E-state index contributed by atoms with van der Waals surface area (Å²) in [5.41, 5.74) is 0. The molecule has 2 N–H and O–H groups in total. The van der Waals surface area contributed by atoms with Crippen molar-refractivity contribution in [1.29, 1.82) is 0 Å². The van der Waals surface area contributed by atoms with Crippen molar-refractivity contribution in [1.82, 2.24) is 10.2 Å². The molecule has 0 aliphatic heterocycles. The summed E-state index contributed by atoms with van der Waals surface area (Å²) in [5, 5.41) is 11.0. The number of carbonyl (C=O) groups excluding carboxylic acids is 2. The van der Waals surface area contributed by atoms with Crippen molar-refractivity contribution in [2.24, 2.45) is 0 Å². The van der Waals surface area contributed by atoms with E-state index >= 15 is 0 Å². The Balaban J connectivity index is 4.36. The van der Waals surface area contributed by atoms with Gasteiger partial charge in [0.15, 0.2) is 0 Å². The molecular weight excluding hydrogens is 200 g/mol.